The average molecular weight is 491 g/mol. The van der Waals surface area contributed by atoms with Crippen molar-refractivity contribution in [1.29, 1.82) is 0 Å². The maximum absolute atomic E-state index is 13.4. The van der Waals surface area contributed by atoms with Gasteiger partial charge in [-0.2, -0.15) is 5.10 Å². The number of aromatic nitrogens is 2. The highest BCUT2D eigenvalue weighted by atomic mass is 32.2. The van der Waals surface area contributed by atoms with Crippen LogP contribution in [0.3, 0.4) is 0 Å². The van der Waals surface area contributed by atoms with Crippen LogP contribution in [-0.2, 0) is 4.79 Å². The molecule has 2 aromatic carbocycles. The zero-order valence-electron chi connectivity index (χ0n) is 18.7. The van der Waals surface area contributed by atoms with Gasteiger partial charge in [0.1, 0.15) is 11.4 Å². The molecule has 2 aromatic heterocycles. The van der Waals surface area contributed by atoms with Crippen molar-refractivity contribution in [3.63, 3.8) is 0 Å². The molecular formula is C25H22N4O3S2. The first kappa shape index (κ1) is 22.4. The molecule has 3 heterocycles. The maximum Gasteiger partial charge on any atom is 0.253 e. The standard InChI is InChI=1S/C25H22N4O3S2/c1-31-21-10-9-16(12-22(21)32-2)20-13-19(23-8-5-11-33-23)28-29(20)24(30)14-34-25-17-6-3-4-7-18(17)26-15-27-25/h3-12,15,20H,13-14H2,1-2H3/t20-/m1/s1. The Morgan fingerprint density at radius 3 is 2.74 bits per heavy atom. The Hall–Kier alpha value is -3.43. The number of amides is 1. The fraction of sp³-hybridized carbons (Fsp3) is 0.200. The summed E-state index contributed by atoms with van der Waals surface area (Å²) >= 11 is 3.02. The van der Waals surface area contributed by atoms with Crippen LogP contribution >= 0.6 is 23.1 Å². The van der Waals surface area contributed by atoms with Crippen molar-refractivity contribution in [2.24, 2.45) is 5.10 Å². The first-order chi connectivity index (χ1) is 16.7. The number of ether oxygens (including phenoxy) is 2. The van der Waals surface area contributed by atoms with Gasteiger partial charge in [0.2, 0.25) is 0 Å². The van der Waals surface area contributed by atoms with E-state index in [9.17, 15) is 4.79 Å². The van der Waals surface area contributed by atoms with Gasteiger partial charge in [0.25, 0.3) is 5.91 Å². The fourth-order valence-electron chi connectivity index (χ4n) is 3.94. The monoisotopic (exact) mass is 490 g/mol. The molecule has 34 heavy (non-hydrogen) atoms. The number of carbonyl (C=O) groups is 1. The van der Waals surface area contributed by atoms with Gasteiger partial charge in [0.15, 0.2) is 11.5 Å². The number of hydrogen-bond donors (Lipinski definition) is 0. The summed E-state index contributed by atoms with van der Waals surface area (Å²) in [7, 11) is 3.21. The predicted octanol–water partition coefficient (Wildman–Crippen LogP) is 5.18. The van der Waals surface area contributed by atoms with Gasteiger partial charge in [0.05, 0.1) is 42.1 Å². The van der Waals surface area contributed by atoms with Gasteiger partial charge in [-0.3, -0.25) is 4.79 Å². The molecule has 1 aliphatic heterocycles. The van der Waals surface area contributed by atoms with Crippen LogP contribution in [0.25, 0.3) is 10.9 Å². The summed E-state index contributed by atoms with van der Waals surface area (Å²) in [5, 5.41) is 10.1. The molecule has 172 valence electrons. The SMILES string of the molecule is COc1ccc([C@H]2CC(c3cccs3)=NN2C(=O)CSc2ncnc3ccccc23)cc1OC. The van der Waals surface area contributed by atoms with Gasteiger partial charge < -0.3 is 9.47 Å². The summed E-state index contributed by atoms with van der Waals surface area (Å²) in [5.41, 5.74) is 2.70. The van der Waals surface area contributed by atoms with Crippen LogP contribution < -0.4 is 9.47 Å². The third-order valence-corrected chi connectivity index (χ3v) is 7.51. The molecule has 1 amide bonds. The number of hydrazone groups is 1. The number of rotatable bonds is 7. The smallest absolute Gasteiger partial charge is 0.253 e. The number of hydrogen-bond acceptors (Lipinski definition) is 8. The average Bonchev–Trinajstić information content (AvgIpc) is 3.57. The van der Waals surface area contributed by atoms with Gasteiger partial charge in [-0.1, -0.05) is 42.1 Å². The van der Waals surface area contributed by atoms with E-state index in [1.807, 2.05) is 60.0 Å². The Kier molecular flexibility index (Phi) is 6.46. The third kappa shape index (κ3) is 4.36. The Balaban J connectivity index is 1.43. The summed E-state index contributed by atoms with van der Waals surface area (Å²) in [6.45, 7) is 0. The van der Waals surface area contributed by atoms with Crippen LogP contribution in [-0.4, -0.2) is 46.6 Å². The first-order valence-electron chi connectivity index (χ1n) is 10.7. The molecule has 0 fully saturated rings. The molecule has 0 radical (unpaired) electrons. The van der Waals surface area contributed by atoms with Crippen LogP contribution in [0.2, 0.25) is 0 Å². The lowest BCUT2D eigenvalue weighted by atomic mass is 10.0. The topological polar surface area (TPSA) is 76.9 Å². The summed E-state index contributed by atoms with van der Waals surface area (Å²) in [6, 6.07) is 17.3. The number of carbonyl (C=O) groups excluding carboxylic acids is 1. The summed E-state index contributed by atoms with van der Waals surface area (Å²) < 4.78 is 10.9. The fourth-order valence-corrected chi connectivity index (χ4v) is 5.51. The first-order valence-corrected chi connectivity index (χ1v) is 12.5. The quantitative estimate of drug-likeness (QED) is 0.262. The van der Waals surface area contributed by atoms with E-state index in [4.69, 9.17) is 14.6 Å². The maximum atomic E-state index is 13.4. The molecule has 0 saturated heterocycles. The minimum Gasteiger partial charge on any atom is -0.493 e. The molecule has 9 heteroatoms. The minimum atomic E-state index is -0.229. The predicted molar refractivity (Wildman–Crippen MR) is 135 cm³/mol. The third-order valence-electron chi connectivity index (χ3n) is 5.60. The van der Waals surface area contributed by atoms with Crippen molar-refractivity contribution in [3.8, 4) is 11.5 Å². The molecule has 0 bridgehead atoms. The Morgan fingerprint density at radius 2 is 1.94 bits per heavy atom. The normalized spacial score (nSPS) is 15.4. The Bertz CT molecular complexity index is 1350. The molecule has 4 aromatic rings. The van der Waals surface area contributed by atoms with Crippen LogP contribution in [0.5, 0.6) is 11.5 Å². The number of thiophene rings is 1. The summed E-state index contributed by atoms with van der Waals surface area (Å²) in [4.78, 5) is 23.2. The van der Waals surface area contributed by atoms with E-state index in [2.05, 4.69) is 9.97 Å². The van der Waals surface area contributed by atoms with E-state index >= 15 is 0 Å². The highest BCUT2D eigenvalue weighted by molar-refractivity contribution is 8.00. The van der Waals surface area contributed by atoms with Crippen molar-refractivity contribution in [2.75, 3.05) is 20.0 Å². The second-order valence-electron chi connectivity index (χ2n) is 7.58. The van der Waals surface area contributed by atoms with Crippen LogP contribution in [0.1, 0.15) is 22.9 Å². The molecule has 5 rings (SSSR count). The van der Waals surface area contributed by atoms with Gasteiger partial charge in [-0.05, 0) is 35.2 Å². The van der Waals surface area contributed by atoms with Crippen molar-refractivity contribution in [3.05, 3.63) is 76.7 Å². The van der Waals surface area contributed by atoms with E-state index in [1.54, 1.807) is 30.6 Å². The zero-order valence-corrected chi connectivity index (χ0v) is 20.3. The van der Waals surface area contributed by atoms with Crippen molar-refractivity contribution in [2.45, 2.75) is 17.5 Å². The molecule has 1 aliphatic rings. The van der Waals surface area contributed by atoms with Crippen LogP contribution in [0.15, 0.2) is 76.4 Å². The molecule has 0 saturated carbocycles. The minimum absolute atomic E-state index is 0.0842. The molecule has 0 spiro atoms. The molecule has 0 N–H and O–H groups in total. The number of nitrogens with zero attached hydrogens (tertiary/aromatic N) is 4. The second-order valence-corrected chi connectivity index (χ2v) is 9.49. The summed E-state index contributed by atoms with van der Waals surface area (Å²) in [5.74, 6) is 1.40. The summed E-state index contributed by atoms with van der Waals surface area (Å²) in [6.07, 6.45) is 2.16. The van der Waals surface area contributed by atoms with Gasteiger partial charge in [0, 0.05) is 11.8 Å². The van der Waals surface area contributed by atoms with E-state index in [0.717, 1.165) is 32.1 Å². The zero-order chi connectivity index (χ0) is 23.5. The molecular weight excluding hydrogens is 468 g/mol. The highest BCUT2D eigenvalue weighted by Gasteiger charge is 2.34. The number of fused-ring (bicyclic) bond motifs is 1. The van der Waals surface area contributed by atoms with Crippen molar-refractivity contribution >= 4 is 45.6 Å². The van der Waals surface area contributed by atoms with Crippen molar-refractivity contribution in [1.82, 2.24) is 15.0 Å². The molecule has 0 aliphatic carbocycles. The van der Waals surface area contributed by atoms with E-state index in [-0.39, 0.29) is 17.7 Å². The van der Waals surface area contributed by atoms with E-state index in [0.29, 0.717) is 17.9 Å². The Morgan fingerprint density at radius 1 is 1.09 bits per heavy atom. The number of thioether (sulfide) groups is 1. The lowest BCUT2D eigenvalue weighted by molar-refractivity contribution is -0.130. The largest absolute Gasteiger partial charge is 0.493 e. The number of methoxy groups -OCH3 is 2. The van der Waals surface area contributed by atoms with Crippen LogP contribution in [0.4, 0.5) is 0 Å². The molecule has 1 atom stereocenters. The lowest BCUT2D eigenvalue weighted by Gasteiger charge is -2.23. The van der Waals surface area contributed by atoms with Crippen molar-refractivity contribution < 1.29 is 14.3 Å². The van der Waals surface area contributed by atoms with E-state index in [1.165, 1.54) is 18.1 Å². The second kappa shape index (κ2) is 9.82. The Labute approximate surface area is 205 Å². The van der Waals surface area contributed by atoms with Gasteiger partial charge >= 0.3 is 0 Å². The highest BCUT2D eigenvalue weighted by Crippen LogP contribution is 2.38. The molecule has 0 unspecified atom stereocenters. The van der Waals surface area contributed by atoms with Gasteiger partial charge in [-0.15, -0.1) is 11.3 Å². The number of benzene rings is 2. The van der Waals surface area contributed by atoms with Gasteiger partial charge in [-0.25, -0.2) is 15.0 Å². The van der Waals surface area contributed by atoms with Crippen LogP contribution in [0, 0.1) is 0 Å². The lowest BCUT2D eigenvalue weighted by Crippen LogP contribution is -2.28. The molecule has 7 nitrogen and oxygen atoms in total. The number of para-hydroxylation sites is 1. The van der Waals surface area contributed by atoms with E-state index < -0.39 is 0 Å².